The minimum atomic E-state index is 0. The molecule has 10 heavy (non-hydrogen) atoms. The highest BCUT2D eigenvalue weighted by atomic mass is 127. The number of hydrogen-bond acceptors (Lipinski definition) is 1. The van der Waals surface area contributed by atoms with Crippen LogP contribution in [0.1, 0.15) is 27.3 Å². The molecule has 58 valence electrons. The van der Waals surface area contributed by atoms with Crippen LogP contribution in [0, 0.1) is 3.57 Å². The van der Waals surface area contributed by atoms with Crippen molar-refractivity contribution in [1.82, 2.24) is 9.78 Å². The average molecular weight is 252 g/mol. The number of aromatic nitrogens is 2. The van der Waals surface area contributed by atoms with Gasteiger partial charge in [0, 0.05) is 12.2 Å². The van der Waals surface area contributed by atoms with Crippen LogP contribution >= 0.6 is 22.6 Å². The molecule has 0 unspecified atom stereocenters. The van der Waals surface area contributed by atoms with Crippen LogP contribution in [0.25, 0.3) is 0 Å². The molecule has 1 aromatic heterocycles. The van der Waals surface area contributed by atoms with Crippen LogP contribution in [-0.2, 0) is 0 Å². The molecule has 0 aromatic carbocycles. The van der Waals surface area contributed by atoms with Gasteiger partial charge in [0.05, 0.1) is 9.77 Å². The fraction of sp³-hybridized carbons (Fsp3) is 0.571. The average Bonchev–Trinajstić information content (AvgIpc) is 2.14. The molecule has 0 fully saturated rings. The maximum atomic E-state index is 4.12. The summed E-state index contributed by atoms with van der Waals surface area (Å²) in [4.78, 5) is 0. The van der Waals surface area contributed by atoms with E-state index in [0.29, 0.717) is 6.04 Å². The first kappa shape index (κ1) is 9.94. The smallest absolute Gasteiger partial charge is 0.0623 e. The Morgan fingerprint density at radius 3 is 2.40 bits per heavy atom. The summed E-state index contributed by atoms with van der Waals surface area (Å²) >= 11 is 2.25. The van der Waals surface area contributed by atoms with E-state index in [4.69, 9.17) is 0 Å². The number of rotatable bonds is 1. The van der Waals surface area contributed by atoms with Gasteiger partial charge in [-0.1, -0.05) is 7.43 Å². The topological polar surface area (TPSA) is 17.8 Å². The Balaban J connectivity index is 0.000000810. The summed E-state index contributed by atoms with van der Waals surface area (Å²) in [6.45, 7) is 4.23. The Morgan fingerprint density at radius 2 is 2.20 bits per heavy atom. The molecule has 0 atom stereocenters. The van der Waals surface area contributed by atoms with E-state index in [9.17, 15) is 0 Å². The highest BCUT2D eigenvalue weighted by Crippen LogP contribution is 2.06. The van der Waals surface area contributed by atoms with Crippen molar-refractivity contribution < 1.29 is 0 Å². The Bertz CT molecular complexity index is 193. The van der Waals surface area contributed by atoms with E-state index < -0.39 is 0 Å². The molecule has 0 aliphatic carbocycles. The van der Waals surface area contributed by atoms with Crippen molar-refractivity contribution in [2.75, 3.05) is 0 Å². The van der Waals surface area contributed by atoms with Crippen LogP contribution in [0.15, 0.2) is 12.4 Å². The Hall–Kier alpha value is -0.0600. The molecule has 0 amide bonds. The second kappa shape index (κ2) is 3.95. The van der Waals surface area contributed by atoms with Crippen molar-refractivity contribution in [3.05, 3.63) is 16.0 Å². The molecule has 1 rings (SSSR count). The maximum Gasteiger partial charge on any atom is 0.0623 e. The summed E-state index contributed by atoms with van der Waals surface area (Å²) in [6, 6.07) is 0.480. The lowest BCUT2D eigenvalue weighted by molar-refractivity contribution is 0.532. The maximum absolute atomic E-state index is 4.12. The highest BCUT2D eigenvalue weighted by Gasteiger charge is 1.96. The van der Waals surface area contributed by atoms with Crippen LogP contribution in [0.3, 0.4) is 0 Å². The third-order valence-corrected chi connectivity index (χ3v) is 1.66. The zero-order valence-electron chi connectivity index (χ0n) is 5.50. The van der Waals surface area contributed by atoms with Gasteiger partial charge in [-0.25, -0.2) is 0 Å². The van der Waals surface area contributed by atoms with Gasteiger partial charge < -0.3 is 0 Å². The van der Waals surface area contributed by atoms with Gasteiger partial charge in [0.1, 0.15) is 0 Å². The largest absolute Gasteiger partial charge is 0.269 e. The summed E-state index contributed by atoms with van der Waals surface area (Å²) in [5, 5.41) is 4.12. The lowest BCUT2D eigenvalue weighted by Gasteiger charge is -2.01. The van der Waals surface area contributed by atoms with E-state index in [1.807, 2.05) is 17.1 Å². The van der Waals surface area contributed by atoms with Crippen LogP contribution < -0.4 is 0 Å². The van der Waals surface area contributed by atoms with Crippen molar-refractivity contribution in [2.45, 2.75) is 27.3 Å². The minimum absolute atomic E-state index is 0. The zero-order chi connectivity index (χ0) is 6.85. The van der Waals surface area contributed by atoms with Crippen LogP contribution in [0.5, 0.6) is 0 Å². The Labute approximate surface area is 75.8 Å². The Morgan fingerprint density at radius 1 is 1.60 bits per heavy atom. The van der Waals surface area contributed by atoms with Crippen molar-refractivity contribution in [1.29, 1.82) is 0 Å². The van der Waals surface area contributed by atoms with Gasteiger partial charge in [0.25, 0.3) is 0 Å². The summed E-state index contributed by atoms with van der Waals surface area (Å²) in [5.74, 6) is 0. The van der Waals surface area contributed by atoms with Crippen LogP contribution in [0.4, 0.5) is 0 Å². The fourth-order valence-electron chi connectivity index (χ4n) is 0.597. The standard InChI is InChI=1S/C6H9IN2.CH4/c1-5(2)9-4-6(7)3-8-9;/h3-5H,1-2H3;1H4. The van der Waals surface area contributed by atoms with Gasteiger partial charge in [0.2, 0.25) is 0 Å². The molecule has 0 N–H and O–H groups in total. The van der Waals surface area contributed by atoms with E-state index in [1.165, 1.54) is 3.57 Å². The molecular weight excluding hydrogens is 239 g/mol. The molecule has 1 aromatic rings. The third kappa shape index (κ3) is 2.28. The number of hydrogen-bond donors (Lipinski definition) is 0. The van der Waals surface area contributed by atoms with Gasteiger partial charge in [-0.2, -0.15) is 5.10 Å². The molecule has 0 bridgehead atoms. The molecule has 1 heterocycles. The molecule has 0 saturated carbocycles. The third-order valence-electron chi connectivity index (χ3n) is 1.10. The minimum Gasteiger partial charge on any atom is -0.269 e. The predicted octanol–water partition coefficient (Wildman–Crippen LogP) is 2.70. The fourth-order valence-corrected chi connectivity index (χ4v) is 1.01. The second-order valence-corrected chi connectivity index (χ2v) is 3.48. The summed E-state index contributed by atoms with van der Waals surface area (Å²) in [5.41, 5.74) is 0. The van der Waals surface area contributed by atoms with E-state index in [-0.39, 0.29) is 7.43 Å². The molecule has 0 aliphatic rings. The summed E-state index contributed by atoms with van der Waals surface area (Å²) < 4.78 is 3.14. The van der Waals surface area contributed by atoms with Crippen molar-refractivity contribution in [3.63, 3.8) is 0 Å². The predicted molar refractivity (Wildman–Crippen MR) is 52.1 cm³/mol. The normalized spacial score (nSPS) is 9.60. The number of nitrogens with zero attached hydrogens (tertiary/aromatic N) is 2. The van der Waals surface area contributed by atoms with E-state index in [2.05, 4.69) is 41.5 Å². The van der Waals surface area contributed by atoms with Crippen molar-refractivity contribution >= 4 is 22.6 Å². The molecule has 0 aliphatic heterocycles. The SMILES string of the molecule is C.CC(C)n1cc(I)cn1. The van der Waals surface area contributed by atoms with Gasteiger partial charge in [-0.15, -0.1) is 0 Å². The van der Waals surface area contributed by atoms with Crippen molar-refractivity contribution in [3.8, 4) is 0 Å². The van der Waals surface area contributed by atoms with Gasteiger partial charge >= 0.3 is 0 Å². The second-order valence-electron chi connectivity index (χ2n) is 2.23. The van der Waals surface area contributed by atoms with Gasteiger partial charge in [0.15, 0.2) is 0 Å². The lowest BCUT2D eigenvalue weighted by Crippen LogP contribution is -1.99. The monoisotopic (exact) mass is 252 g/mol. The van der Waals surface area contributed by atoms with Gasteiger partial charge in [-0.05, 0) is 36.4 Å². The van der Waals surface area contributed by atoms with Gasteiger partial charge in [-0.3, -0.25) is 4.68 Å². The quantitative estimate of drug-likeness (QED) is 0.702. The first-order valence-electron chi connectivity index (χ1n) is 2.90. The summed E-state index contributed by atoms with van der Waals surface area (Å²) in [6.07, 6.45) is 3.89. The highest BCUT2D eigenvalue weighted by molar-refractivity contribution is 14.1. The zero-order valence-corrected chi connectivity index (χ0v) is 7.66. The molecular formula is C7H13IN2. The number of halogens is 1. The first-order chi connectivity index (χ1) is 4.20. The molecule has 0 saturated heterocycles. The molecule has 0 radical (unpaired) electrons. The van der Waals surface area contributed by atoms with Crippen LogP contribution in [0.2, 0.25) is 0 Å². The summed E-state index contributed by atoms with van der Waals surface area (Å²) in [7, 11) is 0. The Kier molecular flexibility index (Phi) is 3.93. The first-order valence-corrected chi connectivity index (χ1v) is 3.97. The van der Waals surface area contributed by atoms with E-state index in [0.717, 1.165) is 0 Å². The van der Waals surface area contributed by atoms with E-state index in [1.54, 1.807) is 0 Å². The lowest BCUT2D eigenvalue weighted by atomic mass is 10.4. The van der Waals surface area contributed by atoms with Crippen molar-refractivity contribution in [2.24, 2.45) is 0 Å². The van der Waals surface area contributed by atoms with E-state index >= 15 is 0 Å². The molecule has 2 nitrogen and oxygen atoms in total. The molecule has 0 spiro atoms. The molecule has 3 heteroatoms. The van der Waals surface area contributed by atoms with Crippen LogP contribution in [-0.4, -0.2) is 9.78 Å².